The molecule has 0 fully saturated rings. The van der Waals surface area contributed by atoms with Gasteiger partial charge in [-0.3, -0.25) is 0 Å². The molecule has 0 aliphatic rings. The first-order valence-electron chi connectivity index (χ1n) is 18.8. The molecule has 0 saturated carbocycles. The Labute approximate surface area is 327 Å². The first-order valence-corrected chi connectivity index (χ1v) is 19.6. The van der Waals surface area contributed by atoms with Gasteiger partial charge in [0.25, 0.3) is 0 Å². The molecular weight excluding hydrogens is 701 g/mol. The Balaban J connectivity index is 1.08. The lowest BCUT2D eigenvalue weighted by atomic mass is 9.99. The van der Waals surface area contributed by atoms with E-state index in [0.29, 0.717) is 17.5 Å². The molecule has 262 valence electrons. The molecule has 8 aromatic carbocycles. The van der Waals surface area contributed by atoms with E-state index >= 15 is 0 Å². The monoisotopic (exact) mass is 732 g/mol. The van der Waals surface area contributed by atoms with E-state index < -0.39 is 0 Å². The van der Waals surface area contributed by atoms with Crippen LogP contribution in [0.5, 0.6) is 0 Å². The lowest BCUT2D eigenvalue weighted by Gasteiger charge is -2.15. The van der Waals surface area contributed by atoms with Crippen molar-refractivity contribution in [2.45, 2.75) is 0 Å². The highest BCUT2D eigenvalue weighted by Crippen LogP contribution is 2.41. The van der Waals surface area contributed by atoms with Crippen LogP contribution >= 0.6 is 11.3 Å². The van der Waals surface area contributed by atoms with Crippen molar-refractivity contribution >= 4 is 53.3 Å². The predicted molar refractivity (Wildman–Crippen MR) is 234 cm³/mol. The second kappa shape index (κ2) is 13.3. The highest BCUT2D eigenvalue weighted by molar-refractivity contribution is 7.26. The molecule has 0 aliphatic carbocycles. The van der Waals surface area contributed by atoms with Gasteiger partial charge in [0.1, 0.15) is 0 Å². The van der Waals surface area contributed by atoms with Crippen molar-refractivity contribution < 1.29 is 0 Å². The topological polar surface area (TPSA) is 43.6 Å². The third kappa shape index (κ3) is 5.32. The third-order valence-corrected chi connectivity index (χ3v) is 11.9. The van der Waals surface area contributed by atoms with Gasteiger partial charge in [-0.05, 0) is 47.0 Å². The van der Waals surface area contributed by atoms with Crippen molar-refractivity contribution in [3.8, 4) is 62.1 Å². The molecule has 0 bridgehead atoms. The standard InChI is InChI=1S/C51H32N4S/c1-2-15-33(16-3-1)36-17-4-5-22-42(36)50-52-49(53-51(54-50)43-24-14-23-41-40-21-9-13-28-47(40)56-48(41)43)35-31-29-34(30-32-35)37-18-6-10-25-44(37)55-45-26-11-7-19-38(45)39-20-8-12-27-46(39)55/h1-32H. The maximum atomic E-state index is 5.24. The summed E-state index contributed by atoms with van der Waals surface area (Å²) in [5, 5.41) is 4.95. The summed E-state index contributed by atoms with van der Waals surface area (Å²) in [6.45, 7) is 0. The molecule has 3 heterocycles. The van der Waals surface area contributed by atoms with Gasteiger partial charge in [0.15, 0.2) is 17.5 Å². The summed E-state index contributed by atoms with van der Waals surface area (Å²) >= 11 is 1.78. The largest absolute Gasteiger partial charge is 0.309 e. The fraction of sp³-hybridized carbons (Fsp3) is 0. The normalized spacial score (nSPS) is 11.6. The van der Waals surface area contributed by atoms with Gasteiger partial charge in [-0.2, -0.15) is 0 Å². The van der Waals surface area contributed by atoms with Crippen LogP contribution in [-0.2, 0) is 0 Å². The quantitative estimate of drug-likeness (QED) is 0.171. The van der Waals surface area contributed by atoms with E-state index in [4.69, 9.17) is 15.0 Å². The summed E-state index contributed by atoms with van der Waals surface area (Å²) in [6.07, 6.45) is 0. The Morgan fingerprint density at radius 1 is 0.321 bits per heavy atom. The number of nitrogens with zero attached hydrogens (tertiary/aromatic N) is 4. The molecule has 0 radical (unpaired) electrons. The average molecular weight is 733 g/mol. The van der Waals surface area contributed by atoms with E-state index in [0.717, 1.165) is 44.6 Å². The van der Waals surface area contributed by atoms with E-state index in [9.17, 15) is 0 Å². The van der Waals surface area contributed by atoms with Gasteiger partial charge < -0.3 is 4.57 Å². The molecule has 0 aliphatic heterocycles. The minimum absolute atomic E-state index is 0.633. The van der Waals surface area contributed by atoms with Crippen LogP contribution in [0.1, 0.15) is 0 Å². The van der Waals surface area contributed by atoms with E-state index in [-0.39, 0.29) is 0 Å². The maximum Gasteiger partial charge on any atom is 0.165 e. The minimum atomic E-state index is 0.633. The molecule has 0 spiro atoms. The van der Waals surface area contributed by atoms with Crippen LogP contribution in [0.3, 0.4) is 0 Å². The number of rotatable bonds is 6. The zero-order chi connectivity index (χ0) is 37.0. The fourth-order valence-electron chi connectivity index (χ4n) is 8.11. The van der Waals surface area contributed by atoms with Gasteiger partial charge in [0, 0.05) is 53.2 Å². The van der Waals surface area contributed by atoms with Gasteiger partial charge in [-0.25, -0.2) is 15.0 Å². The Kier molecular flexibility index (Phi) is 7.64. The fourth-order valence-corrected chi connectivity index (χ4v) is 9.32. The molecule has 4 nitrogen and oxygen atoms in total. The number of para-hydroxylation sites is 3. The molecular formula is C51H32N4S. The number of hydrogen-bond donors (Lipinski definition) is 0. The Morgan fingerprint density at radius 3 is 1.57 bits per heavy atom. The molecule has 11 rings (SSSR count). The van der Waals surface area contributed by atoms with Gasteiger partial charge >= 0.3 is 0 Å². The van der Waals surface area contributed by atoms with E-state index in [1.807, 2.05) is 6.07 Å². The Morgan fingerprint density at radius 2 is 0.821 bits per heavy atom. The summed E-state index contributed by atoms with van der Waals surface area (Å²) in [7, 11) is 0. The highest BCUT2D eigenvalue weighted by Gasteiger charge is 2.19. The van der Waals surface area contributed by atoms with E-state index in [2.05, 4.69) is 193 Å². The summed E-state index contributed by atoms with van der Waals surface area (Å²) < 4.78 is 4.80. The van der Waals surface area contributed by atoms with Crippen LogP contribution < -0.4 is 0 Å². The van der Waals surface area contributed by atoms with Crippen molar-refractivity contribution in [2.24, 2.45) is 0 Å². The first-order chi connectivity index (χ1) is 27.8. The summed E-state index contributed by atoms with van der Waals surface area (Å²) in [6, 6.07) is 68.5. The maximum absolute atomic E-state index is 5.24. The van der Waals surface area contributed by atoms with Crippen LogP contribution in [0.4, 0.5) is 0 Å². The zero-order valence-corrected chi connectivity index (χ0v) is 31.0. The molecule has 56 heavy (non-hydrogen) atoms. The highest BCUT2D eigenvalue weighted by atomic mass is 32.1. The van der Waals surface area contributed by atoms with Crippen LogP contribution in [0.25, 0.3) is 104 Å². The van der Waals surface area contributed by atoms with Crippen molar-refractivity contribution in [3.05, 3.63) is 194 Å². The van der Waals surface area contributed by atoms with Gasteiger partial charge in [-0.15, -0.1) is 11.3 Å². The van der Waals surface area contributed by atoms with Crippen molar-refractivity contribution in [2.75, 3.05) is 0 Å². The lowest BCUT2D eigenvalue weighted by Crippen LogP contribution is -2.01. The number of aromatic nitrogens is 4. The second-order valence-corrected chi connectivity index (χ2v) is 15.0. The van der Waals surface area contributed by atoms with Gasteiger partial charge in [0.2, 0.25) is 0 Å². The summed E-state index contributed by atoms with van der Waals surface area (Å²) in [4.78, 5) is 15.7. The minimum Gasteiger partial charge on any atom is -0.309 e. The van der Waals surface area contributed by atoms with Crippen molar-refractivity contribution in [1.82, 2.24) is 19.5 Å². The van der Waals surface area contributed by atoms with Crippen LogP contribution in [0.15, 0.2) is 194 Å². The van der Waals surface area contributed by atoms with Crippen LogP contribution in [-0.4, -0.2) is 19.5 Å². The molecule has 3 aromatic heterocycles. The SMILES string of the molecule is c1ccc(-c2ccccc2-c2nc(-c3ccc(-c4ccccc4-n4c5ccccc5c5ccccc54)cc3)nc(-c3cccc4c3sc3ccccc34)n2)cc1. The predicted octanol–water partition coefficient (Wildman–Crippen LogP) is 13.7. The number of thiophene rings is 1. The summed E-state index contributed by atoms with van der Waals surface area (Å²) in [5.41, 5.74) is 10.9. The lowest BCUT2D eigenvalue weighted by molar-refractivity contribution is 1.08. The average Bonchev–Trinajstić information content (AvgIpc) is 3.83. The molecule has 0 saturated heterocycles. The van der Waals surface area contributed by atoms with E-state index in [1.54, 1.807) is 11.3 Å². The summed E-state index contributed by atoms with van der Waals surface area (Å²) in [5.74, 6) is 1.93. The van der Waals surface area contributed by atoms with Crippen LogP contribution in [0, 0.1) is 0 Å². The van der Waals surface area contributed by atoms with Gasteiger partial charge in [0.05, 0.1) is 16.7 Å². The Hall–Kier alpha value is -7.21. The smallest absolute Gasteiger partial charge is 0.165 e. The Bertz CT molecular complexity index is 3200. The second-order valence-electron chi connectivity index (χ2n) is 14.0. The molecule has 0 amide bonds. The molecule has 5 heteroatoms. The molecule has 0 atom stereocenters. The number of benzene rings is 8. The zero-order valence-electron chi connectivity index (χ0n) is 30.2. The van der Waals surface area contributed by atoms with E-state index in [1.165, 1.54) is 42.0 Å². The number of fused-ring (bicyclic) bond motifs is 6. The molecule has 0 N–H and O–H groups in total. The molecule has 11 aromatic rings. The van der Waals surface area contributed by atoms with Crippen molar-refractivity contribution in [1.29, 1.82) is 0 Å². The number of hydrogen-bond acceptors (Lipinski definition) is 4. The van der Waals surface area contributed by atoms with Gasteiger partial charge in [-0.1, -0.05) is 164 Å². The van der Waals surface area contributed by atoms with Crippen molar-refractivity contribution in [3.63, 3.8) is 0 Å². The molecule has 0 unspecified atom stereocenters. The first kappa shape index (κ1) is 32.2. The van der Waals surface area contributed by atoms with Crippen LogP contribution in [0.2, 0.25) is 0 Å². The third-order valence-electron chi connectivity index (χ3n) is 10.7.